The van der Waals surface area contributed by atoms with Crippen LogP contribution in [0.15, 0.2) is 65.0 Å². The van der Waals surface area contributed by atoms with Crippen LogP contribution in [-0.2, 0) is 14.3 Å². The monoisotopic (exact) mass is 442 g/mol. The zero-order valence-electron chi connectivity index (χ0n) is 17.8. The summed E-state index contributed by atoms with van der Waals surface area (Å²) in [6, 6.07) is 15.9. The topological polar surface area (TPSA) is 60.2 Å². The fourth-order valence-electron chi connectivity index (χ4n) is 2.77. The molecule has 7 heteroatoms. The van der Waals surface area contributed by atoms with E-state index in [2.05, 4.69) is 29.3 Å². The first-order valence-electron chi connectivity index (χ1n) is 9.23. The van der Waals surface area contributed by atoms with Crippen LogP contribution < -0.4 is 0 Å². The molecule has 2 aromatic carbocycles. The summed E-state index contributed by atoms with van der Waals surface area (Å²) in [5, 5.41) is 8.55. The van der Waals surface area contributed by atoms with Gasteiger partial charge in [0.2, 0.25) is 0 Å². The number of esters is 1. The third-order valence-corrected chi connectivity index (χ3v) is 6.55. The summed E-state index contributed by atoms with van der Waals surface area (Å²) in [4.78, 5) is 12.2. The molecule has 0 saturated carbocycles. The van der Waals surface area contributed by atoms with Crippen molar-refractivity contribution in [2.45, 2.75) is 18.4 Å². The van der Waals surface area contributed by atoms with E-state index in [9.17, 15) is 4.79 Å². The molecule has 1 atom stereocenters. The van der Waals surface area contributed by atoms with E-state index in [0.29, 0.717) is 5.57 Å². The van der Waals surface area contributed by atoms with Gasteiger partial charge >= 0.3 is 5.97 Å². The zero-order valence-corrected chi connectivity index (χ0v) is 19.4. The van der Waals surface area contributed by atoms with Crippen molar-refractivity contribution in [3.05, 3.63) is 77.0 Å². The van der Waals surface area contributed by atoms with Gasteiger partial charge in [0, 0.05) is 0 Å². The molecule has 0 saturated heterocycles. The van der Waals surface area contributed by atoms with Crippen LogP contribution in [0.4, 0.5) is 0 Å². The Hall–Kier alpha value is -2.51. The zero-order chi connectivity index (χ0) is 21.9. The summed E-state index contributed by atoms with van der Waals surface area (Å²) in [5.41, 5.74) is 6.95. The number of hydrogen-bond acceptors (Lipinski definition) is 7. The number of carbonyl (C=O) groups is 1. The molecule has 158 valence electrons. The molecule has 1 unspecified atom stereocenters. The summed E-state index contributed by atoms with van der Waals surface area (Å²) < 4.78 is 10.0. The van der Waals surface area contributed by atoms with Crippen LogP contribution in [0.5, 0.6) is 0 Å². The number of nitrogens with zero attached hydrogens (tertiary/aromatic N) is 2. The van der Waals surface area contributed by atoms with Crippen molar-refractivity contribution in [2.24, 2.45) is 10.2 Å². The van der Waals surface area contributed by atoms with Crippen molar-refractivity contribution in [3.63, 3.8) is 0 Å². The second-order valence-corrected chi connectivity index (χ2v) is 8.52. The van der Waals surface area contributed by atoms with Gasteiger partial charge in [-0.25, -0.2) is 4.79 Å². The highest BCUT2D eigenvalue weighted by atomic mass is 32.2. The summed E-state index contributed by atoms with van der Waals surface area (Å²) >= 11 is 3.18. The molecule has 2 rings (SSSR count). The van der Waals surface area contributed by atoms with Gasteiger partial charge in [0.25, 0.3) is 0 Å². The first-order valence-corrected chi connectivity index (χ1v) is 11.5. The molecule has 0 spiro atoms. The molecular formula is C23H26N2O3S2. The molecule has 30 heavy (non-hydrogen) atoms. The minimum absolute atomic E-state index is 0.0179. The van der Waals surface area contributed by atoms with Gasteiger partial charge in [-0.15, -0.1) is 11.8 Å². The van der Waals surface area contributed by atoms with Crippen LogP contribution in [0.25, 0.3) is 5.57 Å². The van der Waals surface area contributed by atoms with E-state index < -0.39 is 5.97 Å². The van der Waals surface area contributed by atoms with Crippen LogP contribution in [0.3, 0.4) is 0 Å². The predicted octanol–water partition coefficient (Wildman–Crippen LogP) is 5.70. The lowest BCUT2D eigenvalue weighted by Gasteiger charge is -2.17. The summed E-state index contributed by atoms with van der Waals surface area (Å²) in [7, 11) is 2.87. The number of ether oxygens (including phenoxy) is 2. The van der Waals surface area contributed by atoms with Crippen LogP contribution in [0.2, 0.25) is 0 Å². The molecule has 0 radical (unpaired) electrons. The predicted molar refractivity (Wildman–Crippen MR) is 129 cm³/mol. The van der Waals surface area contributed by atoms with Gasteiger partial charge in [0.15, 0.2) is 0 Å². The highest BCUT2D eigenvalue weighted by Gasteiger charge is 2.21. The highest BCUT2D eigenvalue weighted by Crippen LogP contribution is 2.40. The van der Waals surface area contributed by atoms with E-state index >= 15 is 0 Å². The molecule has 0 aromatic heterocycles. The third kappa shape index (κ3) is 6.50. The third-order valence-electron chi connectivity index (χ3n) is 4.24. The average molecular weight is 443 g/mol. The molecule has 0 bridgehead atoms. The smallest absolute Gasteiger partial charge is 0.341 e. The largest absolute Gasteiger partial charge is 0.503 e. The van der Waals surface area contributed by atoms with E-state index in [1.165, 1.54) is 37.8 Å². The van der Waals surface area contributed by atoms with Crippen molar-refractivity contribution in [1.29, 1.82) is 0 Å². The first kappa shape index (κ1) is 23.8. The van der Waals surface area contributed by atoms with Gasteiger partial charge in [-0.05, 0) is 36.8 Å². The Morgan fingerprint density at radius 2 is 1.90 bits per heavy atom. The average Bonchev–Trinajstić information content (AvgIpc) is 2.77. The molecule has 5 nitrogen and oxygen atoms in total. The molecule has 0 aliphatic heterocycles. The van der Waals surface area contributed by atoms with Crippen molar-refractivity contribution in [3.8, 4) is 0 Å². The first-order chi connectivity index (χ1) is 14.5. The molecule has 0 aliphatic carbocycles. The number of rotatable bonds is 9. The summed E-state index contributed by atoms with van der Waals surface area (Å²) in [5.74, 6) is -0.443. The van der Waals surface area contributed by atoms with E-state index in [4.69, 9.17) is 9.47 Å². The Labute approximate surface area is 186 Å². The minimum atomic E-state index is -0.443. The van der Waals surface area contributed by atoms with E-state index in [1.807, 2.05) is 49.6 Å². The Balaban J connectivity index is 2.22. The van der Waals surface area contributed by atoms with Gasteiger partial charge in [-0.3, -0.25) is 0 Å². The standard InChI is InChI=1S/C23H26N2O3S2/c1-16-9-8-10-18(13-16)17(2)25-24-15-30-23(29-5)20-12-7-6-11-19(20)21(14-27-3)22(26)28-4/h6-15,23H,1-5H3. The second-order valence-electron chi connectivity index (χ2n) is 6.33. The van der Waals surface area contributed by atoms with Crippen LogP contribution >= 0.6 is 23.5 Å². The number of methoxy groups -OCH3 is 2. The maximum atomic E-state index is 12.2. The Morgan fingerprint density at radius 3 is 2.57 bits per heavy atom. The van der Waals surface area contributed by atoms with Crippen LogP contribution in [-0.4, -0.2) is 37.7 Å². The molecule has 0 heterocycles. The van der Waals surface area contributed by atoms with E-state index in [0.717, 1.165) is 22.4 Å². The van der Waals surface area contributed by atoms with Crippen molar-refractivity contribution >= 4 is 46.3 Å². The second kappa shape index (κ2) is 12.2. The van der Waals surface area contributed by atoms with Crippen molar-refractivity contribution in [1.82, 2.24) is 0 Å². The van der Waals surface area contributed by atoms with Gasteiger partial charge in [-0.2, -0.15) is 10.2 Å². The summed E-state index contributed by atoms with van der Waals surface area (Å²) in [6.45, 7) is 3.99. The lowest BCUT2D eigenvalue weighted by Crippen LogP contribution is -2.07. The van der Waals surface area contributed by atoms with Gasteiger partial charge < -0.3 is 9.47 Å². The van der Waals surface area contributed by atoms with Gasteiger partial charge in [-0.1, -0.05) is 65.9 Å². The lowest BCUT2D eigenvalue weighted by atomic mass is 10.0. The number of hydrogen-bond donors (Lipinski definition) is 0. The number of thioether (sulfide) groups is 2. The fourth-order valence-corrected chi connectivity index (χ4v) is 4.39. The number of aryl methyl sites for hydroxylation is 1. The molecular weight excluding hydrogens is 416 g/mol. The summed E-state index contributed by atoms with van der Waals surface area (Å²) in [6.07, 6.45) is 3.43. The van der Waals surface area contributed by atoms with Gasteiger partial charge in [0.05, 0.1) is 36.3 Å². The van der Waals surface area contributed by atoms with E-state index in [-0.39, 0.29) is 4.58 Å². The Kier molecular flexibility index (Phi) is 9.70. The van der Waals surface area contributed by atoms with Crippen molar-refractivity contribution in [2.75, 3.05) is 20.5 Å². The lowest BCUT2D eigenvalue weighted by molar-refractivity contribution is -0.133. The molecule has 0 aliphatic rings. The maximum absolute atomic E-state index is 12.2. The maximum Gasteiger partial charge on any atom is 0.341 e. The minimum Gasteiger partial charge on any atom is -0.503 e. The van der Waals surface area contributed by atoms with Crippen LogP contribution in [0, 0.1) is 6.92 Å². The van der Waals surface area contributed by atoms with Crippen LogP contribution in [0.1, 0.15) is 33.8 Å². The SMILES string of the molecule is COC=C(C(=O)OC)c1ccccc1C(SC)SC=NN=C(C)c1cccc(C)c1. The van der Waals surface area contributed by atoms with E-state index in [1.54, 1.807) is 17.3 Å². The molecule has 0 amide bonds. The Morgan fingerprint density at radius 1 is 1.13 bits per heavy atom. The quantitative estimate of drug-likeness (QED) is 0.0948. The Bertz CT molecular complexity index is 955. The molecule has 0 N–H and O–H groups in total. The number of carbonyl (C=O) groups excluding carboxylic acids is 1. The number of benzene rings is 2. The fraction of sp³-hybridized carbons (Fsp3) is 0.261. The molecule has 0 fully saturated rings. The molecule has 2 aromatic rings. The normalized spacial score (nSPS) is 13.4. The van der Waals surface area contributed by atoms with Gasteiger partial charge in [0.1, 0.15) is 5.57 Å². The highest BCUT2D eigenvalue weighted by molar-refractivity contribution is 8.23. The van der Waals surface area contributed by atoms with Crippen molar-refractivity contribution < 1.29 is 14.3 Å².